The van der Waals surface area contributed by atoms with Crippen LogP contribution in [0.15, 0.2) is 24.3 Å². The lowest BCUT2D eigenvalue weighted by Crippen LogP contribution is -2.39. The van der Waals surface area contributed by atoms with Crippen LogP contribution in [-0.2, 0) is 6.42 Å². The van der Waals surface area contributed by atoms with E-state index in [-0.39, 0.29) is 6.03 Å². The maximum Gasteiger partial charge on any atom is 0.317 e. The van der Waals surface area contributed by atoms with Gasteiger partial charge in [-0.3, -0.25) is 0 Å². The molecular formula is C15H22N2O2. The minimum Gasteiger partial charge on any atom is -0.492 e. The molecule has 0 atom stereocenters. The molecule has 1 heterocycles. The Labute approximate surface area is 114 Å². The van der Waals surface area contributed by atoms with Crippen LogP contribution >= 0.6 is 0 Å². The summed E-state index contributed by atoms with van der Waals surface area (Å²) < 4.78 is 5.59. The van der Waals surface area contributed by atoms with E-state index in [1.807, 2.05) is 17.0 Å². The molecule has 0 aromatic heterocycles. The van der Waals surface area contributed by atoms with Crippen molar-refractivity contribution in [1.29, 1.82) is 0 Å². The zero-order valence-electron chi connectivity index (χ0n) is 11.5. The van der Waals surface area contributed by atoms with Crippen LogP contribution in [0.1, 0.15) is 25.3 Å². The zero-order chi connectivity index (χ0) is 13.5. The second kappa shape index (κ2) is 7.02. The quantitative estimate of drug-likeness (QED) is 0.828. The molecule has 0 radical (unpaired) electrons. The lowest BCUT2D eigenvalue weighted by molar-refractivity contribution is 0.205. The Bertz CT molecular complexity index is 397. The van der Waals surface area contributed by atoms with Crippen molar-refractivity contribution in [2.45, 2.75) is 26.2 Å². The summed E-state index contributed by atoms with van der Waals surface area (Å²) in [4.78, 5) is 13.6. The maximum atomic E-state index is 11.7. The number of hydrogen-bond acceptors (Lipinski definition) is 2. The fraction of sp³-hybridized carbons (Fsp3) is 0.533. The molecule has 4 nitrogen and oxygen atoms in total. The molecule has 1 aliphatic heterocycles. The van der Waals surface area contributed by atoms with Gasteiger partial charge in [-0.1, -0.05) is 19.1 Å². The van der Waals surface area contributed by atoms with Gasteiger partial charge in [0, 0.05) is 13.1 Å². The van der Waals surface area contributed by atoms with Crippen LogP contribution in [-0.4, -0.2) is 37.2 Å². The van der Waals surface area contributed by atoms with Crippen LogP contribution in [0.25, 0.3) is 0 Å². The molecule has 1 N–H and O–H groups in total. The Kier molecular flexibility index (Phi) is 5.07. The highest BCUT2D eigenvalue weighted by molar-refractivity contribution is 5.74. The van der Waals surface area contributed by atoms with Crippen LogP contribution in [0.4, 0.5) is 4.79 Å². The van der Waals surface area contributed by atoms with Gasteiger partial charge in [0.1, 0.15) is 12.4 Å². The average molecular weight is 262 g/mol. The van der Waals surface area contributed by atoms with Crippen LogP contribution in [0, 0.1) is 0 Å². The number of rotatable bonds is 5. The van der Waals surface area contributed by atoms with Crippen LogP contribution in [0.2, 0.25) is 0 Å². The number of carbonyl (C=O) groups is 1. The van der Waals surface area contributed by atoms with Crippen molar-refractivity contribution in [1.82, 2.24) is 10.2 Å². The summed E-state index contributed by atoms with van der Waals surface area (Å²) in [6.45, 7) is 4.94. The first-order chi connectivity index (χ1) is 9.29. The molecule has 0 saturated carbocycles. The van der Waals surface area contributed by atoms with E-state index < -0.39 is 0 Å². The number of carbonyl (C=O) groups excluding carboxylic acids is 1. The van der Waals surface area contributed by atoms with E-state index in [9.17, 15) is 4.79 Å². The number of hydrogen-bond donors (Lipinski definition) is 1. The van der Waals surface area contributed by atoms with Gasteiger partial charge >= 0.3 is 6.03 Å². The van der Waals surface area contributed by atoms with Gasteiger partial charge in [-0.05, 0) is 37.0 Å². The van der Waals surface area contributed by atoms with E-state index in [0.717, 1.165) is 38.1 Å². The number of ether oxygens (including phenoxy) is 1. The number of likely N-dealkylation sites (tertiary alicyclic amines) is 1. The summed E-state index contributed by atoms with van der Waals surface area (Å²) in [5.41, 5.74) is 1.30. The smallest absolute Gasteiger partial charge is 0.317 e. The molecule has 1 aliphatic rings. The highest BCUT2D eigenvalue weighted by Crippen LogP contribution is 2.12. The minimum absolute atomic E-state index is 0.0300. The van der Waals surface area contributed by atoms with E-state index in [1.54, 1.807) is 0 Å². The summed E-state index contributed by atoms with van der Waals surface area (Å²) in [5.74, 6) is 0.854. The Morgan fingerprint density at radius 2 is 1.95 bits per heavy atom. The van der Waals surface area contributed by atoms with Crippen molar-refractivity contribution < 1.29 is 9.53 Å². The Morgan fingerprint density at radius 3 is 2.58 bits per heavy atom. The zero-order valence-corrected chi connectivity index (χ0v) is 11.5. The van der Waals surface area contributed by atoms with E-state index in [2.05, 4.69) is 24.4 Å². The van der Waals surface area contributed by atoms with Gasteiger partial charge in [-0.25, -0.2) is 4.79 Å². The van der Waals surface area contributed by atoms with Crippen molar-refractivity contribution in [2.75, 3.05) is 26.2 Å². The number of amides is 2. The molecule has 1 aromatic carbocycles. The summed E-state index contributed by atoms with van der Waals surface area (Å²) in [5, 5.41) is 2.88. The number of aryl methyl sites for hydroxylation is 1. The molecule has 2 amide bonds. The van der Waals surface area contributed by atoms with E-state index in [1.165, 1.54) is 5.56 Å². The second-order valence-corrected chi connectivity index (χ2v) is 4.77. The molecule has 0 bridgehead atoms. The number of nitrogens with one attached hydrogen (secondary N) is 1. The molecule has 104 valence electrons. The molecular weight excluding hydrogens is 240 g/mol. The lowest BCUT2D eigenvalue weighted by atomic mass is 10.2. The van der Waals surface area contributed by atoms with Crippen molar-refractivity contribution in [3.8, 4) is 5.75 Å². The fourth-order valence-corrected chi connectivity index (χ4v) is 2.18. The third-order valence-electron chi connectivity index (χ3n) is 3.37. The molecule has 1 aromatic rings. The predicted octanol–water partition coefficient (Wildman–Crippen LogP) is 2.43. The molecule has 1 fully saturated rings. The second-order valence-electron chi connectivity index (χ2n) is 4.77. The third kappa shape index (κ3) is 4.16. The van der Waals surface area contributed by atoms with Gasteiger partial charge in [-0.2, -0.15) is 0 Å². The summed E-state index contributed by atoms with van der Waals surface area (Å²) >= 11 is 0. The first-order valence-corrected chi connectivity index (χ1v) is 7.04. The topological polar surface area (TPSA) is 41.6 Å². The van der Waals surface area contributed by atoms with Gasteiger partial charge in [0.2, 0.25) is 0 Å². The van der Waals surface area contributed by atoms with Crippen molar-refractivity contribution in [2.24, 2.45) is 0 Å². The molecule has 0 aliphatic carbocycles. The fourth-order valence-electron chi connectivity index (χ4n) is 2.18. The Morgan fingerprint density at radius 1 is 1.26 bits per heavy atom. The first-order valence-electron chi connectivity index (χ1n) is 7.04. The molecule has 4 heteroatoms. The predicted molar refractivity (Wildman–Crippen MR) is 75.5 cm³/mol. The standard InChI is InChI=1S/C15H22N2O2/c1-2-13-5-7-14(8-6-13)19-12-9-16-15(18)17-10-3-4-11-17/h5-8H,2-4,9-12H2,1H3,(H,16,18). The van der Waals surface area contributed by atoms with Gasteiger partial charge in [0.05, 0.1) is 6.54 Å². The van der Waals surface area contributed by atoms with E-state index in [4.69, 9.17) is 4.74 Å². The van der Waals surface area contributed by atoms with Crippen molar-refractivity contribution in [3.05, 3.63) is 29.8 Å². The van der Waals surface area contributed by atoms with E-state index >= 15 is 0 Å². The van der Waals surface area contributed by atoms with Gasteiger partial charge in [0.25, 0.3) is 0 Å². The van der Waals surface area contributed by atoms with Gasteiger partial charge in [-0.15, -0.1) is 0 Å². The van der Waals surface area contributed by atoms with Crippen molar-refractivity contribution >= 4 is 6.03 Å². The van der Waals surface area contributed by atoms with Crippen LogP contribution in [0.5, 0.6) is 5.75 Å². The normalized spacial score (nSPS) is 14.5. The summed E-state index contributed by atoms with van der Waals surface area (Å²) in [6, 6.07) is 8.11. The third-order valence-corrected chi connectivity index (χ3v) is 3.37. The summed E-state index contributed by atoms with van der Waals surface area (Å²) in [6.07, 6.45) is 3.27. The molecule has 0 unspecified atom stereocenters. The average Bonchev–Trinajstić information content (AvgIpc) is 2.98. The van der Waals surface area contributed by atoms with Crippen molar-refractivity contribution in [3.63, 3.8) is 0 Å². The monoisotopic (exact) mass is 262 g/mol. The Balaban J connectivity index is 1.64. The van der Waals surface area contributed by atoms with Crippen LogP contribution < -0.4 is 10.1 Å². The molecule has 2 rings (SSSR count). The lowest BCUT2D eigenvalue weighted by Gasteiger charge is -2.16. The van der Waals surface area contributed by atoms with Gasteiger partial charge in [0.15, 0.2) is 0 Å². The molecule has 1 saturated heterocycles. The Hall–Kier alpha value is -1.71. The number of benzene rings is 1. The number of nitrogens with zero attached hydrogens (tertiary/aromatic N) is 1. The van der Waals surface area contributed by atoms with Crippen LogP contribution in [0.3, 0.4) is 0 Å². The first kappa shape index (κ1) is 13.7. The number of urea groups is 1. The maximum absolute atomic E-state index is 11.7. The largest absolute Gasteiger partial charge is 0.492 e. The molecule has 19 heavy (non-hydrogen) atoms. The SMILES string of the molecule is CCc1ccc(OCCNC(=O)N2CCCC2)cc1. The van der Waals surface area contributed by atoms with E-state index in [0.29, 0.717) is 13.2 Å². The highest BCUT2D eigenvalue weighted by atomic mass is 16.5. The summed E-state index contributed by atoms with van der Waals surface area (Å²) in [7, 11) is 0. The highest BCUT2D eigenvalue weighted by Gasteiger charge is 2.16. The molecule has 0 spiro atoms. The van der Waals surface area contributed by atoms with Gasteiger partial charge < -0.3 is 15.0 Å². The minimum atomic E-state index is 0.0300.